The van der Waals surface area contributed by atoms with Crippen molar-refractivity contribution in [1.29, 1.82) is 0 Å². The van der Waals surface area contributed by atoms with E-state index in [-0.39, 0.29) is 23.7 Å². The second kappa shape index (κ2) is 12.5. The van der Waals surface area contributed by atoms with Crippen molar-refractivity contribution in [3.05, 3.63) is 0 Å². The third-order valence-corrected chi connectivity index (χ3v) is 7.04. The van der Waals surface area contributed by atoms with Gasteiger partial charge in [-0.2, -0.15) is 0 Å². The summed E-state index contributed by atoms with van der Waals surface area (Å²) in [5.41, 5.74) is 0. The van der Waals surface area contributed by atoms with E-state index in [4.69, 9.17) is 0 Å². The summed E-state index contributed by atoms with van der Waals surface area (Å²) in [6.45, 7) is 16.0. The lowest BCUT2D eigenvalue weighted by Gasteiger charge is -2.34. The van der Waals surface area contributed by atoms with Crippen LogP contribution in [0, 0.1) is 17.8 Å². The average molecular weight is 409 g/mol. The van der Waals surface area contributed by atoms with E-state index < -0.39 is 6.04 Å². The number of likely N-dealkylation sites (N-methyl/N-ethyl adjacent to an activating group) is 1. The molecule has 1 aliphatic carbocycles. The summed E-state index contributed by atoms with van der Waals surface area (Å²) >= 11 is 0. The highest BCUT2D eigenvalue weighted by molar-refractivity contribution is 5.88. The van der Waals surface area contributed by atoms with Crippen molar-refractivity contribution in [2.45, 2.75) is 72.3 Å². The molecule has 0 aromatic carbocycles. The minimum atomic E-state index is -0.417. The number of nitrogens with one attached hydrogen (secondary N) is 2. The van der Waals surface area contributed by atoms with Gasteiger partial charge in [-0.1, -0.05) is 34.1 Å². The van der Waals surface area contributed by atoms with E-state index in [2.05, 4.69) is 48.1 Å². The van der Waals surface area contributed by atoms with Gasteiger partial charge in [0.2, 0.25) is 11.8 Å². The van der Waals surface area contributed by atoms with Gasteiger partial charge in [-0.3, -0.25) is 9.59 Å². The van der Waals surface area contributed by atoms with Crippen LogP contribution in [0.25, 0.3) is 0 Å². The predicted octanol–water partition coefficient (Wildman–Crippen LogP) is 2.49. The molecular formula is C23H44N4O2. The second-order valence-electron chi connectivity index (χ2n) is 9.25. The highest BCUT2D eigenvalue weighted by atomic mass is 16.2. The Hall–Kier alpha value is -1.14. The van der Waals surface area contributed by atoms with Crippen LogP contribution >= 0.6 is 0 Å². The van der Waals surface area contributed by atoms with E-state index in [9.17, 15) is 9.59 Å². The Labute approximate surface area is 178 Å². The summed E-state index contributed by atoms with van der Waals surface area (Å²) in [4.78, 5) is 30.5. The maximum atomic E-state index is 12.8. The maximum Gasteiger partial charge on any atom is 0.242 e. The molecule has 2 atom stereocenters. The van der Waals surface area contributed by atoms with Gasteiger partial charge in [0.15, 0.2) is 0 Å². The number of carbonyl (C=O) groups excluding carboxylic acids is 2. The van der Waals surface area contributed by atoms with Crippen LogP contribution in [-0.2, 0) is 9.59 Å². The smallest absolute Gasteiger partial charge is 0.242 e. The third kappa shape index (κ3) is 7.89. The lowest BCUT2D eigenvalue weighted by molar-refractivity contribution is -0.133. The van der Waals surface area contributed by atoms with Crippen molar-refractivity contribution >= 4 is 11.8 Å². The minimum Gasteiger partial charge on any atom is -0.354 e. The molecule has 0 aromatic rings. The monoisotopic (exact) mass is 408 g/mol. The van der Waals surface area contributed by atoms with E-state index in [1.165, 1.54) is 0 Å². The standard InChI is InChI=1S/C23H44N4O2/c1-5-19(4)21(25-22(28)20-10-8-18(3)9-11-20)23(29)24-12-7-13-27-16-14-26(6-2)15-17-27/h18-21H,5-17H2,1-4H3,(H,24,29)(H,25,28)/t18?,19-,20?,21-/m0/s1. The summed E-state index contributed by atoms with van der Waals surface area (Å²) in [6.07, 6.45) is 5.97. The second-order valence-corrected chi connectivity index (χ2v) is 9.25. The fourth-order valence-electron chi connectivity index (χ4n) is 4.45. The molecule has 2 fully saturated rings. The highest BCUT2D eigenvalue weighted by Gasteiger charge is 2.30. The van der Waals surface area contributed by atoms with Gasteiger partial charge < -0.3 is 20.4 Å². The van der Waals surface area contributed by atoms with E-state index >= 15 is 0 Å². The van der Waals surface area contributed by atoms with Crippen LogP contribution < -0.4 is 10.6 Å². The first kappa shape index (κ1) is 24.1. The minimum absolute atomic E-state index is 0.0207. The first-order valence-corrected chi connectivity index (χ1v) is 12.0. The lowest BCUT2D eigenvalue weighted by Crippen LogP contribution is -2.52. The van der Waals surface area contributed by atoms with Crippen molar-refractivity contribution in [3.63, 3.8) is 0 Å². The van der Waals surface area contributed by atoms with E-state index in [0.29, 0.717) is 6.54 Å². The molecule has 168 valence electrons. The summed E-state index contributed by atoms with van der Waals surface area (Å²) in [6, 6.07) is -0.417. The molecular weight excluding hydrogens is 364 g/mol. The van der Waals surface area contributed by atoms with Gasteiger partial charge in [0.05, 0.1) is 0 Å². The van der Waals surface area contributed by atoms with Crippen molar-refractivity contribution < 1.29 is 9.59 Å². The zero-order valence-electron chi connectivity index (χ0n) is 19.2. The fourth-order valence-corrected chi connectivity index (χ4v) is 4.45. The number of carbonyl (C=O) groups is 2. The Morgan fingerprint density at radius 3 is 2.21 bits per heavy atom. The molecule has 6 heteroatoms. The molecule has 0 aromatic heterocycles. The summed E-state index contributed by atoms with van der Waals surface area (Å²) in [7, 11) is 0. The molecule has 0 radical (unpaired) electrons. The molecule has 1 heterocycles. The molecule has 6 nitrogen and oxygen atoms in total. The Kier molecular flexibility index (Phi) is 10.4. The van der Waals surface area contributed by atoms with Gasteiger partial charge in [-0.25, -0.2) is 0 Å². The number of amides is 2. The molecule has 2 rings (SSSR count). The Bertz CT molecular complexity index is 497. The first-order valence-electron chi connectivity index (χ1n) is 12.0. The quantitative estimate of drug-likeness (QED) is 0.545. The topological polar surface area (TPSA) is 64.7 Å². The molecule has 2 aliphatic rings. The van der Waals surface area contributed by atoms with Gasteiger partial charge in [0.25, 0.3) is 0 Å². The van der Waals surface area contributed by atoms with Gasteiger partial charge in [0, 0.05) is 38.6 Å². The van der Waals surface area contributed by atoms with Crippen molar-refractivity contribution in [1.82, 2.24) is 20.4 Å². The molecule has 1 saturated carbocycles. The molecule has 0 unspecified atom stereocenters. The van der Waals surface area contributed by atoms with Crippen LogP contribution in [0.3, 0.4) is 0 Å². The lowest BCUT2D eigenvalue weighted by atomic mass is 9.82. The van der Waals surface area contributed by atoms with Gasteiger partial charge in [0.1, 0.15) is 6.04 Å². The third-order valence-electron chi connectivity index (χ3n) is 7.04. The maximum absolute atomic E-state index is 12.8. The van der Waals surface area contributed by atoms with Crippen LogP contribution in [-0.4, -0.2) is 73.5 Å². The molecule has 0 bridgehead atoms. The fraction of sp³-hybridized carbons (Fsp3) is 0.913. The molecule has 0 spiro atoms. The SMILES string of the molecule is CC[C@H](C)[C@H](NC(=O)C1CCC(C)CC1)C(=O)NCCCN1CCN(CC)CC1. The van der Waals surface area contributed by atoms with Crippen molar-refractivity contribution in [2.24, 2.45) is 17.8 Å². The largest absolute Gasteiger partial charge is 0.354 e. The average Bonchev–Trinajstić information content (AvgIpc) is 2.75. The number of hydrogen-bond acceptors (Lipinski definition) is 4. The molecule has 1 aliphatic heterocycles. The number of rotatable bonds is 10. The molecule has 2 N–H and O–H groups in total. The summed E-state index contributed by atoms with van der Waals surface area (Å²) in [5, 5.41) is 6.17. The van der Waals surface area contributed by atoms with Gasteiger partial charge in [-0.15, -0.1) is 0 Å². The Morgan fingerprint density at radius 1 is 1.00 bits per heavy atom. The zero-order chi connectivity index (χ0) is 21.2. The number of nitrogens with zero attached hydrogens (tertiary/aromatic N) is 2. The zero-order valence-corrected chi connectivity index (χ0v) is 19.2. The van der Waals surface area contributed by atoms with Crippen LogP contribution in [0.1, 0.15) is 66.2 Å². The number of hydrogen-bond donors (Lipinski definition) is 2. The van der Waals surface area contributed by atoms with E-state index in [1.807, 2.05) is 0 Å². The van der Waals surface area contributed by atoms with Crippen LogP contribution in [0.4, 0.5) is 0 Å². The summed E-state index contributed by atoms with van der Waals surface area (Å²) < 4.78 is 0. The Balaban J connectivity index is 1.73. The molecule has 2 amide bonds. The predicted molar refractivity (Wildman–Crippen MR) is 119 cm³/mol. The van der Waals surface area contributed by atoms with E-state index in [1.54, 1.807) is 0 Å². The number of piperazine rings is 1. The van der Waals surface area contributed by atoms with Crippen molar-refractivity contribution in [2.75, 3.05) is 45.8 Å². The summed E-state index contributed by atoms with van der Waals surface area (Å²) in [5.74, 6) is 0.993. The highest BCUT2D eigenvalue weighted by Crippen LogP contribution is 2.28. The first-order chi connectivity index (χ1) is 13.9. The van der Waals surface area contributed by atoms with Crippen LogP contribution in [0.5, 0.6) is 0 Å². The van der Waals surface area contributed by atoms with Crippen LogP contribution in [0.2, 0.25) is 0 Å². The van der Waals surface area contributed by atoms with Gasteiger partial charge >= 0.3 is 0 Å². The Morgan fingerprint density at radius 2 is 1.62 bits per heavy atom. The normalized spacial score (nSPS) is 25.9. The van der Waals surface area contributed by atoms with E-state index in [0.717, 1.165) is 83.7 Å². The van der Waals surface area contributed by atoms with Crippen molar-refractivity contribution in [3.8, 4) is 0 Å². The van der Waals surface area contributed by atoms with Crippen LogP contribution in [0.15, 0.2) is 0 Å². The molecule has 29 heavy (non-hydrogen) atoms. The van der Waals surface area contributed by atoms with Gasteiger partial charge in [-0.05, 0) is 57.0 Å². The molecule has 1 saturated heterocycles.